The molecule has 0 aliphatic carbocycles. The van der Waals surface area contributed by atoms with Gasteiger partial charge >= 0.3 is 0 Å². The fourth-order valence-electron chi connectivity index (χ4n) is 1.46. The van der Waals surface area contributed by atoms with E-state index in [-0.39, 0.29) is 0 Å². The molecule has 0 N–H and O–H groups in total. The lowest BCUT2D eigenvalue weighted by molar-refractivity contribution is 0.834. The van der Waals surface area contributed by atoms with Crippen LogP contribution in [0.3, 0.4) is 0 Å². The number of halogens is 2. The van der Waals surface area contributed by atoms with E-state index in [0.29, 0.717) is 11.8 Å². The molecule has 0 aromatic heterocycles. The molecule has 0 fully saturated rings. The average Bonchev–Trinajstić information content (AvgIpc) is 2.07. The van der Waals surface area contributed by atoms with Crippen LogP contribution in [-0.2, 0) is 0 Å². The molecule has 0 nitrogen and oxygen atoms in total. The maximum Gasteiger partial charge on any atom is 0.0213 e. The monoisotopic (exact) mass is 318 g/mol. The van der Waals surface area contributed by atoms with Gasteiger partial charge in [-0.15, -0.1) is 0 Å². The summed E-state index contributed by atoms with van der Waals surface area (Å²) in [5, 5.41) is 0. The van der Waals surface area contributed by atoms with Gasteiger partial charge in [0, 0.05) is 8.95 Å². The lowest BCUT2D eigenvalue weighted by atomic mass is 9.97. The summed E-state index contributed by atoms with van der Waals surface area (Å²) in [6.07, 6.45) is 0. The number of hydrogen-bond acceptors (Lipinski definition) is 0. The molecule has 0 bridgehead atoms. The highest BCUT2D eigenvalue weighted by Gasteiger charge is 2.11. The minimum absolute atomic E-state index is 0.557. The topological polar surface area (TPSA) is 0 Å². The van der Waals surface area contributed by atoms with E-state index in [1.54, 1.807) is 0 Å². The molecule has 0 amide bonds. The third-order valence-electron chi connectivity index (χ3n) is 2.36. The minimum Gasteiger partial charge on any atom is -0.0586 e. The van der Waals surface area contributed by atoms with Crippen molar-refractivity contribution in [3.63, 3.8) is 0 Å². The number of hydrogen-bond donors (Lipinski definition) is 0. The van der Waals surface area contributed by atoms with Crippen LogP contribution in [0.1, 0.15) is 50.7 Å². The van der Waals surface area contributed by atoms with Gasteiger partial charge in [0.2, 0.25) is 0 Å². The van der Waals surface area contributed by atoms with Gasteiger partial charge in [-0.05, 0) is 35.1 Å². The highest BCUT2D eigenvalue weighted by atomic mass is 79.9. The van der Waals surface area contributed by atoms with E-state index >= 15 is 0 Å². The molecule has 2 heteroatoms. The van der Waals surface area contributed by atoms with Crippen molar-refractivity contribution >= 4 is 31.9 Å². The van der Waals surface area contributed by atoms with Crippen LogP contribution in [-0.4, -0.2) is 0 Å². The van der Waals surface area contributed by atoms with Gasteiger partial charge in [0.1, 0.15) is 0 Å². The Morgan fingerprint density at radius 2 is 1.07 bits per heavy atom. The van der Waals surface area contributed by atoms with Crippen molar-refractivity contribution in [2.24, 2.45) is 0 Å². The van der Waals surface area contributed by atoms with Crippen molar-refractivity contribution in [2.45, 2.75) is 39.5 Å². The lowest BCUT2D eigenvalue weighted by Crippen LogP contribution is -1.95. The first-order valence-corrected chi connectivity index (χ1v) is 6.51. The maximum atomic E-state index is 3.63. The van der Waals surface area contributed by atoms with E-state index in [0.717, 1.165) is 0 Å². The normalized spacial score (nSPS) is 11.4. The quantitative estimate of drug-likeness (QED) is 0.679. The van der Waals surface area contributed by atoms with Crippen LogP contribution in [0, 0.1) is 0 Å². The van der Waals surface area contributed by atoms with Crippen LogP contribution in [0.2, 0.25) is 0 Å². The lowest BCUT2D eigenvalue weighted by Gasteiger charge is -2.14. The zero-order valence-corrected chi connectivity index (χ0v) is 12.2. The summed E-state index contributed by atoms with van der Waals surface area (Å²) >= 11 is 7.26. The smallest absolute Gasteiger partial charge is 0.0213 e. The SMILES string of the molecule is CC(C)c1cc(Br)c(C(C)C)cc1Br. The van der Waals surface area contributed by atoms with Gasteiger partial charge in [0.05, 0.1) is 0 Å². The first-order chi connectivity index (χ1) is 6.43. The van der Waals surface area contributed by atoms with E-state index in [9.17, 15) is 0 Å². The average molecular weight is 320 g/mol. The molecule has 1 aromatic carbocycles. The summed E-state index contributed by atoms with van der Waals surface area (Å²) in [4.78, 5) is 0. The Bertz CT molecular complexity index is 294. The van der Waals surface area contributed by atoms with Crippen molar-refractivity contribution in [3.8, 4) is 0 Å². The zero-order valence-electron chi connectivity index (χ0n) is 9.07. The third-order valence-corrected chi connectivity index (χ3v) is 3.73. The van der Waals surface area contributed by atoms with Crippen LogP contribution >= 0.6 is 31.9 Å². The summed E-state index contributed by atoms with van der Waals surface area (Å²) in [6, 6.07) is 4.45. The summed E-state index contributed by atoms with van der Waals surface area (Å²) < 4.78 is 2.44. The van der Waals surface area contributed by atoms with E-state index in [1.807, 2.05) is 0 Å². The molecule has 0 spiro atoms. The van der Waals surface area contributed by atoms with Crippen LogP contribution in [0.4, 0.5) is 0 Å². The molecule has 0 saturated heterocycles. The summed E-state index contributed by atoms with van der Waals surface area (Å²) in [5.41, 5.74) is 2.72. The first kappa shape index (κ1) is 12.3. The Morgan fingerprint density at radius 1 is 0.786 bits per heavy atom. The van der Waals surface area contributed by atoms with Crippen LogP contribution in [0.25, 0.3) is 0 Å². The maximum absolute atomic E-state index is 3.63. The molecule has 0 unspecified atom stereocenters. The molecular formula is C12H16Br2. The largest absolute Gasteiger partial charge is 0.0586 e. The van der Waals surface area contributed by atoms with E-state index in [4.69, 9.17) is 0 Å². The van der Waals surface area contributed by atoms with E-state index in [2.05, 4.69) is 71.7 Å². The predicted molar refractivity (Wildman–Crippen MR) is 70.0 cm³/mol. The van der Waals surface area contributed by atoms with Gasteiger partial charge in [-0.3, -0.25) is 0 Å². The van der Waals surface area contributed by atoms with Gasteiger partial charge < -0.3 is 0 Å². The minimum atomic E-state index is 0.557. The summed E-state index contributed by atoms with van der Waals surface area (Å²) in [6.45, 7) is 8.84. The molecule has 0 aliphatic rings. The van der Waals surface area contributed by atoms with Crippen LogP contribution in [0.15, 0.2) is 21.1 Å². The summed E-state index contributed by atoms with van der Waals surface area (Å²) in [5.74, 6) is 1.11. The van der Waals surface area contributed by atoms with Crippen LogP contribution in [0.5, 0.6) is 0 Å². The van der Waals surface area contributed by atoms with Crippen molar-refractivity contribution in [1.82, 2.24) is 0 Å². The standard InChI is InChI=1S/C12H16Br2/c1-7(2)9-5-12(14)10(8(3)4)6-11(9)13/h5-8H,1-4H3. The highest BCUT2D eigenvalue weighted by molar-refractivity contribution is 9.11. The molecule has 0 saturated carbocycles. The van der Waals surface area contributed by atoms with Gasteiger partial charge in [-0.1, -0.05) is 59.6 Å². The Morgan fingerprint density at radius 3 is 1.29 bits per heavy atom. The van der Waals surface area contributed by atoms with Crippen LogP contribution < -0.4 is 0 Å². The van der Waals surface area contributed by atoms with E-state index in [1.165, 1.54) is 20.1 Å². The third kappa shape index (κ3) is 2.60. The second-order valence-corrected chi connectivity index (χ2v) is 5.91. The van der Waals surface area contributed by atoms with Gasteiger partial charge in [-0.2, -0.15) is 0 Å². The Labute approximate surface area is 103 Å². The van der Waals surface area contributed by atoms with Crippen molar-refractivity contribution in [1.29, 1.82) is 0 Å². The van der Waals surface area contributed by atoms with Gasteiger partial charge in [0.25, 0.3) is 0 Å². The van der Waals surface area contributed by atoms with Crippen molar-refractivity contribution < 1.29 is 0 Å². The zero-order chi connectivity index (χ0) is 10.9. The van der Waals surface area contributed by atoms with E-state index < -0.39 is 0 Å². The molecule has 78 valence electrons. The van der Waals surface area contributed by atoms with Gasteiger partial charge in [-0.25, -0.2) is 0 Å². The molecular weight excluding hydrogens is 304 g/mol. The van der Waals surface area contributed by atoms with Gasteiger partial charge in [0.15, 0.2) is 0 Å². The highest BCUT2D eigenvalue weighted by Crippen LogP contribution is 2.33. The molecule has 0 aliphatic heterocycles. The second-order valence-electron chi connectivity index (χ2n) is 4.20. The molecule has 0 radical (unpaired) electrons. The Kier molecular flexibility index (Phi) is 4.20. The fourth-order valence-corrected chi connectivity index (χ4v) is 3.10. The fraction of sp³-hybridized carbons (Fsp3) is 0.500. The molecule has 1 rings (SSSR count). The second kappa shape index (κ2) is 4.80. The molecule has 1 aromatic rings. The Balaban J connectivity index is 3.24. The number of benzene rings is 1. The number of rotatable bonds is 2. The first-order valence-electron chi connectivity index (χ1n) is 4.92. The van der Waals surface area contributed by atoms with Crippen molar-refractivity contribution in [2.75, 3.05) is 0 Å². The predicted octanol–water partition coefficient (Wildman–Crippen LogP) is 5.46. The molecule has 14 heavy (non-hydrogen) atoms. The molecule has 0 heterocycles. The van der Waals surface area contributed by atoms with Crippen molar-refractivity contribution in [3.05, 3.63) is 32.2 Å². The molecule has 0 atom stereocenters. The Hall–Kier alpha value is 0.180. The summed E-state index contributed by atoms with van der Waals surface area (Å²) in [7, 11) is 0.